The minimum Gasteiger partial charge on any atom is -0.350 e. The van der Waals surface area contributed by atoms with Crippen molar-refractivity contribution in [2.45, 2.75) is 19.5 Å². The number of amides is 1. The molecular formula is C16H17N7O2. The molecule has 0 saturated carbocycles. The SMILES string of the molecule is O=C(NCCc1nc(-c2ccccn2)no1)c1cn2c(n1)CNCC2. The second-order valence-corrected chi connectivity index (χ2v) is 5.65. The number of carbonyl (C=O) groups excluding carboxylic acids is 1. The van der Waals surface area contributed by atoms with E-state index in [4.69, 9.17) is 4.52 Å². The van der Waals surface area contributed by atoms with Crippen LogP contribution in [0, 0.1) is 0 Å². The fourth-order valence-electron chi connectivity index (χ4n) is 2.63. The van der Waals surface area contributed by atoms with Gasteiger partial charge in [-0.15, -0.1) is 0 Å². The van der Waals surface area contributed by atoms with E-state index >= 15 is 0 Å². The number of nitrogens with zero attached hydrogens (tertiary/aromatic N) is 5. The van der Waals surface area contributed by atoms with Crippen LogP contribution in [0.5, 0.6) is 0 Å². The average molecular weight is 339 g/mol. The van der Waals surface area contributed by atoms with Crippen LogP contribution in [0.25, 0.3) is 11.5 Å². The van der Waals surface area contributed by atoms with E-state index in [1.54, 1.807) is 12.4 Å². The van der Waals surface area contributed by atoms with Crippen LogP contribution in [-0.4, -0.2) is 43.7 Å². The number of imidazole rings is 1. The van der Waals surface area contributed by atoms with Gasteiger partial charge in [0.15, 0.2) is 0 Å². The zero-order valence-corrected chi connectivity index (χ0v) is 13.5. The number of nitrogens with one attached hydrogen (secondary N) is 2. The molecular weight excluding hydrogens is 322 g/mol. The first-order valence-corrected chi connectivity index (χ1v) is 8.08. The molecule has 2 N–H and O–H groups in total. The van der Waals surface area contributed by atoms with Crippen molar-refractivity contribution in [1.82, 2.24) is 35.3 Å². The number of hydrogen-bond acceptors (Lipinski definition) is 7. The molecule has 1 aliphatic heterocycles. The molecule has 9 heteroatoms. The van der Waals surface area contributed by atoms with Gasteiger partial charge in [-0.25, -0.2) is 4.98 Å². The Labute approximate surface area is 143 Å². The minimum absolute atomic E-state index is 0.202. The van der Waals surface area contributed by atoms with Crippen LogP contribution in [0.2, 0.25) is 0 Å². The van der Waals surface area contributed by atoms with Gasteiger partial charge in [0.25, 0.3) is 5.91 Å². The molecule has 0 radical (unpaired) electrons. The maximum absolute atomic E-state index is 12.2. The molecule has 0 fully saturated rings. The summed E-state index contributed by atoms with van der Waals surface area (Å²) in [6.07, 6.45) is 3.91. The van der Waals surface area contributed by atoms with Crippen LogP contribution in [0.15, 0.2) is 35.1 Å². The predicted octanol–water partition coefficient (Wildman–Crippen LogP) is 0.404. The quantitative estimate of drug-likeness (QED) is 0.692. The topological polar surface area (TPSA) is 111 Å². The molecule has 9 nitrogen and oxygen atoms in total. The van der Waals surface area contributed by atoms with E-state index in [0.717, 1.165) is 18.9 Å². The molecule has 1 aliphatic rings. The summed E-state index contributed by atoms with van der Waals surface area (Å²) in [6.45, 7) is 2.79. The third-order valence-corrected chi connectivity index (χ3v) is 3.89. The molecule has 0 unspecified atom stereocenters. The Kier molecular flexibility index (Phi) is 4.21. The summed E-state index contributed by atoms with van der Waals surface area (Å²) in [4.78, 5) is 25.0. The van der Waals surface area contributed by atoms with Gasteiger partial charge in [-0.3, -0.25) is 9.78 Å². The van der Waals surface area contributed by atoms with Crippen LogP contribution >= 0.6 is 0 Å². The maximum atomic E-state index is 12.2. The predicted molar refractivity (Wildman–Crippen MR) is 87.5 cm³/mol. The Hall–Kier alpha value is -3.07. The van der Waals surface area contributed by atoms with E-state index in [0.29, 0.717) is 42.6 Å². The van der Waals surface area contributed by atoms with Gasteiger partial charge in [0.05, 0.1) is 6.54 Å². The summed E-state index contributed by atoms with van der Waals surface area (Å²) < 4.78 is 7.19. The van der Waals surface area contributed by atoms with E-state index < -0.39 is 0 Å². The molecule has 0 aromatic carbocycles. The molecule has 4 rings (SSSR count). The number of carbonyl (C=O) groups is 1. The number of hydrogen-bond donors (Lipinski definition) is 2. The highest BCUT2D eigenvalue weighted by Crippen LogP contribution is 2.12. The number of fused-ring (bicyclic) bond motifs is 1. The minimum atomic E-state index is -0.202. The normalized spacial score (nSPS) is 13.4. The van der Waals surface area contributed by atoms with Crippen LogP contribution in [0.3, 0.4) is 0 Å². The molecule has 0 spiro atoms. The third-order valence-electron chi connectivity index (χ3n) is 3.89. The Morgan fingerprint density at radius 3 is 3.16 bits per heavy atom. The van der Waals surface area contributed by atoms with Gasteiger partial charge in [-0.1, -0.05) is 11.2 Å². The van der Waals surface area contributed by atoms with Crippen LogP contribution < -0.4 is 10.6 Å². The monoisotopic (exact) mass is 339 g/mol. The van der Waals surface area contributed by atoms with Crippen molar-refractivity contribution in [2.24, 2.45) is 0 Å². The lowest BCUT2D eigenvalue weighted by atomic mass is 10.3. The van der Waals surface area contributed by atoms with Gasteiger partial charge in [0, 0.05) is 38.4 Å². The number of aromatic nitrogens is 5. The van der Waals surface area contributed by atoms with E-state index in [1.807, 2.05) is 22.8 Å². The summed E-state index contributed by atoms with van der Waals surface area (Å²) in [6, 6.07) is 5.49. The lowest BCUT2D eigenvalue weighted by molar-refractivity contribution is 0.0948. The summed E-state index contributed by atoms with van der Waals surface area (Å²) in [5.74, 6) is 1.57. The molecule has 128 valence electrons. The van der Waals surface area contributed by atoms with Crippen LogP contribution in [0.1, 0.15) is 22.2 Å². The van der Waals surface area contributed by atoms with Crippen molar-refractivity contribution in [1.29, 1.82) is 0 Å². The molecule has 1 amide bonds. The van der Waals surface area contributed by atoms with Crippen molar-refractivity contribution in [3.63, 3.8) is 0 Å². The molecule has 25 heavy (non-hydrogen) atoms. The smallest absolute Gasteiger partial charge is 0.271 e. The maximum Gasteiger partial charge on any atom is 0.271 e. The Bertz CT molecular complexity index is 848. The van der Waals surface area contributed by atoms with Gasteiger partial charge in [0.1, 0.15) is 17.2 Å². The Morgan fingerprint density at radius 1 is 1.36 bits per heavy atom. The molecule has 0 saturated heterocycles. The van der Waals surface area contributed by atoms with Crippen molar-refractivity contribution in [2.75, 3.05) is 13.1 Å². The van der Waals surface area contributed by atoms with Crippen molar-refractivity contribution < 1.29 is 9.32 Å². The third kappa shape index (κ3) is 3.41. The standard InChI is InChI=1S/C16H17N7O2/c24-16(12-10-23-8-7-17-9-13(23)20-12)19-6-4-14-21-15(22-25-14)11-3-1-2-5-18-11/h1-3,5,10,17H,4,6-9H2,(H,19,24). The fraction of sp³-hybridized carbons (Fsp3) is 0.312. The number of rotatable bonds is 5. The highest BCUT2D eigenvalue weighted by atomic mass is 16.5. The van der Waals surface area contributed by atoms with E-state index in [-0.39, 0.29) is 5.91 Å². The summed E-state index contributed by atoms with van der Waals surface area (Å²) in [7, 11) is 0. The molecule has 0 bridgehead atoms. The zero-order chi connectivity index (χ0) is 17.1. The van der Waals surface area contributed by atoms with Crippen molar-refractivity contribution >= 4 is 5.91 Å². The first kappa shape index (κ1) is 15.5. The second kappa shape index (κ2) is 6.81. The van der Waals surface area contributed by atoms with Crippen molar-refractivity contribution in [3.8, 4) is 11.5 Å². The van der Waals surface area contributed by atoms with E-state index in [9.17, 15) is 4.79 Å². The second-order valence-electron chi connectivity index (χ2n) is 5.65. The van der Waals surface area contributed by atoms with Crippen molar-refractivity contribution in [3.05, 3.63) is 48.0 Å². The molecule has 0 aliphatic carbocycles. The van der Waals surface area contributed by atoms with Gasteiger partial charge >= 0.3 is 0 Å². The average Bonchev–Trinajstić information content (AvgIpc) is 3.29. The molecule has 0 atom stereocenters. The fourth-order valence-corrected chi connectivity index (χ4v) is 2.63. The lowest BCUT2D eigenvalue weighted by Gasteiger charge is -2.13. The molecule has 4 heterocycles. The summed E-state index contributed by atoms with van der Waals surface area (Å²) in [5, 5.41) is 9.96. The van der Waals surface area contributed by atoms with Gasteiger partial charge in [-0.2, -0.15) is 4.98 Å². The van der Waals surface area contributed by atoms with Gasteiger partial charge in [-0.05, 0) is 12.1 Å². The number of pyridine rings is 1. The van der Waals surface area contributed by atoms with Gasteiger partial charge < -0.3 is 19.7 Å². The molecule has 3 aromatic heterocycles. The zero-order valence-electron chi connectivity index (χ0n) is 13.5. The first-order chi connectivity index (χ1) is 12.3. The van der Waals surface area contributed by atoms with Gasteiger partial charge in [0.2, 0.25) is 11.7 Å². The molecule has 3 aromatic rings. The lowest BCUT2D eigenvalue weighted by Crippen LogP contribution is -2.27. The van der Waals surface area contributed by atoms with E-state index in [1.165, 1.54) is 0 Å². The highest BCUT2D eigenvalue weighted by Gasteiger charge is 2.16. The first-order valence-electron chi connectivity index (χ1n) is 8.08. The van der Waals surface area contributed by atoms with Crippen LogP contribution in [-0.2, 0) is 19.5 Å². The summed E-state index contributed by atoms with van der Waals surface area (Å²) in [5.41, 5.74) is 1.08. The largest absolute Gasteiger partial charge is 0.350 e. The highest BCUT2D eigenvalue weighted by molar-refractivity contribution is 5.92. The van der Waals surface area contributed by atoms with Crippen LogP contribution in [0.4, 0.5) is 0 Å². The Balaban J connectivity index is 1.32. The Morgan fingerprint density at radius 2 is 2.32 bits per heavy atom. The van der Waals surface area contributed by atoms with E-state index in [2.05, 4.69) is 30.7 Å². The summed E-state index contributed by atoms with van der Waals surface area (Å²) >= 11 is 0.